The standard InChI is InChI=1S/C17H27N/c1-12-6-4-9-15(10-12)17(18)11-16-13(2)7-5-8-14(16)3/h5,7-8,12,15,17H,4,6,9-11,18H2,1-3H3. The van der Waals surface area contributed by atoms with Gasteiger partial charge in [0.05, 0.1) is 0 Å². The molecular weight excluding hydrogens is 218 g/mol. The molecule has 2 N–H and O–H groups in total. The van der Waals surface area contributed by atoms with Crippen molar-refractivity contribution in [2.75, 3.05) is 0 Å². The van der Waals surface area contributed by atoms with Crippen molar-refractivity contribution in [1.82, 2.24) is 0 Å². The Labute approximate surface area is 112 Å². The second-order valence-electron chi connectivity index (χ2n) is 6.27. The van der Waals surface area contributed by atoms with Crippen LogP contribution in [-0.4, -0.2) is 6.04 Å². The van der Waals surface area contributed by atoms with Crippen LogP contribution in [0.25, 0.3) is 0 Å². The van der Waals surface area contributed by atoms with E-state index in [1.165, 1.54) is 42.4 Å². The summed E-state index contributed by atoms with van der Waals surface area (Å²) in [7, 11) is 0. The summed E-state index contributed by atoms with van der Waals surface area (Å²) in [6.45, 7) is 6.79. The van der Waals surface area contributed by atoms with E-state index in [2.05, 4.69) is 39.0 Å². The number of nitrogens with two attached hydrogens (primary N) is 1. The highest BCUT2D eigenvalue weighted by molar-refractivity contribution is 5.34. The summed E-state index contributed by atoms with van der Waals surface area (Å²) >= 11 is 0. The zero-order valence-corrected chi connectivity index (χ0v) is 12.1. The minimum Gasteiger partial charge on any atom is -0.327 e. The molecule has 1 saturated carbocycles. The van der Waals surface area contributed by atoms with Gasteiger partial charge in [-0.2, -0.15) is 0 Å². The molecule has 0 amide bonds. The summed E-state index contributed by atoms with van der Waals surface area (Å²) in [5.41, 5.74) is 10.8. The van der Waals surface area contributed by atoms with Gasteiger partial charge in [-0.15, -0.1) is 0 Å². The molecule has 1 aromatic carbocycles. The quantitative estimate of drug-likeness (QED) is 0.856. The molecule has 0 heterocycles. The molecule has 0 aliphatic heterocycles. The van der Waals surface area contributed by atoms with Crippen LogP contribution >= 0.6 is 0 Å². The lowest BCUT2D eigenvalue weighted by molar-refractivity contribution is 0.245. The average molecular weight is 245 g/mol. The van der Waals surface area contributed by atoms with Crippen LogP contribution in [0.15, 0.2) is 18.2 Å². The summed E-state index contributed by atoms with van der Waals surface area (Å²) in [5, 5.41) is 0. The van der Waals surface area contributed by atoms with E-state index in [1.54, 1.807) is 0 Å². The van der Waals surface area contributed by atoms with Crippen LogP contribution in [0.3, 0.4) is 0 Å². The average Bonchev–Trinajstić information content (AvgIpc) is 2.34. The number of aryl methyl sites for hydroxylation is 2. The van der Waals surface area contributed by atoms with Crippen LogP contribution in [0.2, 0.25) is 0 Å². The Hall–Kier alpha value is -0.820. The fourth-order valence-electron chi connectivity index (χ4n) is 3.44. The maximum atomic E-state index is 6.48. The van der Waals surface area contributed by atoms with Gasteiger partial charge in [-0.3, -0.25) is 0 Å². The molecule has 1 heteroatoms. The van der Waals surface area contributed by atoms with Crippen LogP contribution in [0.1, 0.15) is 49.3 Å². The van der Waals surface area contributed by atoms with Crippen molar-refractivity contribution >= 4 is 0 Å². The molecule has 0 spiro atoms. The third-order valence-electron chi connectivity index (χ3n) is 4.67. The van der Waals surface area contributed by atoms with Crippen molar-refractivity contribution in [3.63, 3.8) is 0 Å². The molecule has 3 atom stereocenters. The molecule has 1 nitrogen and oxygen atoms in total. The second kappa shape index (κ2) is 5.88. The van der Waals surface area contributed by atoms with Crippen molar-refractivity contribution in [2.45, 2.75) is 58.9 Å². The smallest absolute Gasteiger partial charge is 0.0108 e. The fraction of sp³-hybridized carbons (Fsp3) is 0.647. The SMILES string of the molecule is Cc1cccc(C)c1CC(N)C1CCCC(C)C1. The van der Waals surface area contributed by atoms with Crippen molar-refractivity contribution in [1.29, 1.82) is 0 Å². The van der Waals surface area contributed by atoms with Gasteiger partial charge in [-0.1, -0.05) is 38.0 Å². The van der Waals surface area contributed by atoms with E-state index in [9.17, 15) is 0 Å². The molecule has 0 aromatic heterocycles. The van der Waals surface area contributed by atoms with Crippen LogP contribution in [-0.2, 0) is 6.42 Å². The molecule has 1 aromatic rings. The Bertz CT molecular complexity index is 376. The molecule has 2 rings (SSSR count). The lowest BCUT2D eigenvalue weighted by Crippen LogP contribution is -2.35. The van der Waals surface area contributed by atoms with Crippen LogP contribution in [0.5, 0.6) is 0 Å². The van der Waals surface area contributed by atoms with Gasteiger partial charge in [-0.25, -0.2) is 0 Å². The lowest BCUT2D eigenvalue weighted by Gasteiger charge is -2.31. The van der Waals surface area contributed by atoms with E-state index in [4.69, 9.17) is 5.73 Å². The monoisotopic (exact) mass is 245 g/mol. The van der Waals surface area contributed by atoms with Crippen molar-refractivity contribution in [3.05, 3.63) is 34.9 Å². The molecule has 100 valence electrons. The van der Waals surface area contributed by atoms with Gasteiger partial charge < -0.3 is 5.73 Å². The van der Waals surface area contributed by atoms with E-state index in [1.807, 2.05) is 0 Å². The Morgan fingerprint density at radius 3 is 2.50 bits per heavy atom. The zero-order chi connectivity index (χ0) is 13.1. The van der Waals surface area contributed by atoms with Crippen LogP contribution in [0.4, 0.5) is 0 Å². The summed E-state index contributed by atoms with van der Waals surface area (Å²) in [6.07, 6.45) is 6.47. The van der Waals surface area contributed by atoms with E-state index in [-0.39, 0.29) is 0 Å². The van der Waals surface area contributed by atoms with E-state index in [0.29, 0.717) is 6.04 Å². The molecule has 0 bridgehead atoms. The predicted octanol–water partition coefficient (Wildman–Crippen LogP) is 4.00. The summed E-state index contributed by atoms with van der Waals surface area (Å²) < 4.78 is 0. The lowest BCUT2D eigenvalue weighted by atomic mass is 9.77. The number of hydrogen-bond donors (Lipinski definition) is 1. The maximum absolute atomic E-state index is 6.48. The highest BCUT2D eigenvalue weighted by Crippen LogP contribution is 2.31. The van der Waals surface area contributed by atoms with Gasteiger partial charge in [0, 0.05) is 6.04 Å². The van der Waals surface area contributed by atoms with Crippen LogP contribution < -0.4 is 5.73 Å². The first-order valence-electron chi connectivity index (χ1n) is 7.38. The summed E-state index contributed by atoms with van der Waals surface area (Å²) in [4.78, 5) is 0. The number of hydrogen-bond acceptors (Lipinski definition) is 1. The normalized spacial score (nSPS) is 26.0. The minimum absolute atomic E-state index is 0.340. The first-order valence-corrected chi connectivity index (χ1v) is 7.38. The maximum Gasteiger partial charge on any atom is 0.0108 e. The number of rotatable bonds is 3. The zero-order valence-electron chi connectivity index (χ0n) is 12.1. The minimum atomic E-state index is 0.340. The summed E-state index contributed by atoms with van der Waals surface area (Å²) in [6, 6.07) is 6.90. The largest absolute Gasteiger partial charge is 0.327 e. The molecule has 18 heavy (non-hydrogen) atoms. The van der Waals surface area contributed by atoms with E-state index >= 15 is 0 Å². The van der Waals surface area contributed by atoms with Gasteiger partial charge in [0.1, 0.15) is 0 Å². The molecule has 0 saturated heterocycles. The van der Waals surface area contributed by atoms with Crippen molar-refractivity contribution in [3.8, 4) is 0 Å². The molecular formula is C17H27N. The van der Waals surface area contributed by atoms with Gasteiger partial charge in [0.25, 0.3) is 0 Å². The fourth-order valence-corrected chi connectivity index (χ4v) is 3.44. The highest BCUT2D eigenvalue weighted by Gasteiger charge is 2.24. The number of benzene rings is 1. The molecule has 3 unspecified atom stereocenters. The Kier molecular flexibility index (Phi) is 4.45. The molecule has 1 aliphatic rings. The predicted molar refractivity (Wildman–Crippen MR) is 78.7 cm³/mol. The third kappa shape index (κ3) is 3.14. The van der Waals surface area contributed by atoms with E-state index in [0.717, 1.165) is 18.3 Å². The van der Waals surface area contributed by atoms with Crippen molar-refractivity contribution < 1.29 is 0 Å². The van der Waals surface area contributed by atoms with Crippen LogP contribution in [0, 0.1) is 25.7 Å². The van der Waals surface area contributed by atoms with Gasteiger partial charge >= 0.3 is 0 Å². The van der Waals surface area contributed by atoms with Gasteiger partial charge in [0.2, 0.25) is 0 Å². The van der Waals surface area contributed by atoms with Gasteiger partial charge in [0.15, 0.2) is 0 Å². The van der Waals surface area contributed by atoms with E-state index < -0.39 is 0 Å². The Morgan fingerprint density at radius 1 is 1.22 bits per heavy atom. The highest BCUT2D eigenvalue weighted by atomic mass is 14.7. The Morgan fingerprint density at radius 2 is 1.89 bits per heavy atom. The second-order valence-corrected chi connectivity index (χ2v) is 6.27. The topological polar surface area (TPSA) is 26.0 Å². The van der Waals surface area contributed by atoms with Crippen molar-refractivity contribution in [2.24, 2.45) is 17.6 Å². The van der Waals surface area contributed by atoms with Gasteiger partial charge in [-0.05, 0) is 61.6 Å². The molecule has 0 radical (unpaired) electrons. The third-order valence-corrected chi connectivity index (χ3v) is 4.67. The first-order chi connectivity index (χ1) is 8.58. The Balaban J connectivity index is 2.04. The summed E-state index contributed by atoms with van der Waals surface area (Å²) in [5.74, 6) is 1.60. The first kappa shape index (κ1) is 13.6. The molecule has 1 aliphatic carbocycles. The molecule has 1 fully saturated rings.